The van der Waals surface area contributed by atoms with Gasteiger partial charge in [-0.25, -0.2) is 0 Å². The molecular weight excluding hydrogens is 264 g/mol. The lowest BCUT2D eigenvalue weighted by Crippen LogP contribution is -2.12. The van der Waals surface area contributed by atoms with Crippen molar-refractivity contribution < 1.29 is 4.74 Å². The minimum atomic E-state index is 0.273. The Morgan fingerprint density at radius 3 is 2.81 bits per heavy atom. The summed E-state index contributed by atoms with van der Waals surface area (Å²) in [6.07, 6.45) is 2.21. The highest BCUT2D eigenvalue weighted by molar-refractivity contribution is 5.73. The summed E-state index contributed by atoms with van der Waals surface area (Å²) < 4.78 is 5.84. The van der Waals surface area contributed by atoms with Gasteiger partial charge in [-0.2, -0.15) is 4.98 Å². The van der Waals surface area contributed by atoms with Crippen LogP contribution in [0.4, 0.5) is 5.69 Å². The van der Waals surface area contributed by atoms with Crippen molar-refractivity contribution in [1.82, 2.24) is 15.2 Å². The van der Waals surface area contributed by atoms with Crippen LogP contribution < -0.4 is 10.1 Å². The number of para-hydroxylation sites is 2. The number of nitrogens with one attached hydrogen (secondary N) is 1. The minimum Gasteiger partial charge on any atom is -0.421 e. The van der Waals surface area contributed by atoms with Gasteiger partial charge in [0.15, 0.2) is 5.75 Å². The molecule has 0 saturated carbocycles. The van der Waals surface area contributed by atoms with Crippen LogP contribution in [0.1, 0.15) is 12.0 Å². The fourth-order valence-electron chi connectivity index (χ4n) is 2.57. The van der Waals surface area contributed by atoms with Gasteiger partial charge in [0.05, 0.1) is 11.2 Å². The van der Waals surface area contributed by atoms with Gasteiger partial charge in [-0.3, -0.25) is 0 Å². The number of anilines is 1. The molecule has 0 saturated heterocycles. The van der Waals surface area contributed by atoms with Gasteiger partial charge < -0.3 is 10.1 Å². The molecule has 3 aromatic rings. The van der Waals surface area contributed by atoms with Gasteiger partial charge in [0, 0.05) is 6.54 Å². The largest absolute Gasteiger partial charge is 0.421 e. The Morgan fingerprint density at radius 2 is 1.86 bits per heavy atom. The molecule has 2 heterocycles. The summed E-state index contributed by atoms with van der Waals surface area (Å²) in [5, 5.41) is 11.6. The molecule has 0 radical (unpaired) electrons. The summed E-state index contributed by atoms with van der Waals surface area (Å²) in [6.45, 7) is 0.963. The molecule has 4 rings (SSSR count). The van der Waals surface area contributed by atoms with Gasteiger partial charge in [0.2, 0.25) is 0 Å². The molecule has 0 amide bonds. The van der Waals surface area contributed by atoms with E-state index in [0.29, 0.717) is 0 Å². The average molecular weight is 278 g/mol. The highest BCUT2D eigenvalue weighted by Crippen LogP contribution is 2.34. The number of hydrogen-bond donors (Lipinski definition) is 1. The number of nitrogens with zero attached hydrogens (tertiary/aromatic N) is 3. The Balaban J connectivity index is 1.71. The van der Waals surface area contributed by atoms with Crippen LogP contribution in [0.15, 0.2) is 42.5 Å². The van der Waals surface area contributed by atoms with Crippen molar-refractivity contribution >= 4 is 16.7 Å². The fraction of sp³-hybridized carbons (Fsp3) is 0.188. The second-order valence-corrected chi connectivity index (χ2v) is 5.01. The summed E-state index contributed by atoms with van der Waals surface area (Å²) in [6, 6.07) is 13.9. The second-order valence-electron chi connectivity index (χ2n) is 5.01. The van der Waals surface area contributed by atoms with E-state index < -0.39 is 0 Å². The number of aryl methyl sites for hydroxylation is 1. The molecule has 0 fully saturated rings. The Bertz CT molecular complexity index is 803. The maximum atomic E-state index is 5.84. The third kappa shape index (κ3) is 2.27. The quantitative estimate of drug-likeness (QED) is 0.780. The van der Waals surface area contributed by atoms with Crippen molar-refractivity contribution in [3.05, 3.63) is 48.0 Å². The summed E-state index contributed by atoms with van der Waals surface area (Å²) in [4.78, 5) is 4.40. The summed E-state index contributed by atoms with van der Waals surface area (Å²) in [5.74, 6) is 0.754. The van der Waals surface area contributed by atoms with E-state index in [0.717, 1.165) is 41.9 Å². The van der Waals surface area contributed by atoms with E-state index in [-0.39, 0.29) is 6.01 Å². The predicted octanol–water partition coefficient (Wildman–Crippen LogP) is 3.18. The standard InChI is InChI=1S/C16H14N4O/c1-2-8-13-12(7-1)18-16(20-19-13)21-14-9-3-5-11-6-4-10-17-15(11)14/h1-3,5,7-9,17H,4,6,10H2. The van der Waals surface area contributed by atoms with Crippen LogP contribution in [0.25, 0.3) is 11.0 Å². The first-order chi connectivity index (χ1) is 10.4. The lowest BCUT2D eigenvalue weighted by Gasteiger charge is -2.20. The molecule has 0 spiro atoms. The maximum Gasteiger partial charge on any atom is 0.341 e. The Hall–Kier alpha value is -2.69. The molecule has 0 bridgehead atoms. The van der Waals surface area contributed by atoms with Gasteiger partial charge >= 0.3 is 6.01 Å². The molecule has 104 valence electrons. The number of aromatic nitrogens is 3. The van der Waals surface area contributed by atoms with E-state index in [1.807, 2.05) is 36.4 Å². The van der Waals surface area contributed by atoms with E-state index in [1.165, 1.54) is 5.56 Å². The summed E-state index contributed by atoms with van der Waals surface area (Å²) >= 11 is 0. The highest BCUT2D eigenvalue weighted by Gasteiger charge is 2.15. The molecule has 1 aliphatic heterocycles. The van der Waals surface area contributed by atoms with Gasteiger partial charge in [-0.05, 0) is 36.6 Å². The zero-order valence-electron chi connectivity index (χ0n) is 11.4. The van der Waals surface area contributed by atoms with Crippen molar-refractivity contribution in [3.8, 4) is 11.8 Å². The fourth-order valence-corrected chi connectivity index (χ4v) is 2.57. The molecule has 21 heavy (non-hydrogen) atoms. The minimum absolute atomic E-state index is 0.273. The molecule has 1 aliphatic rings. The maximum absolute atomic E-state index is 5.84. The SMILES string of the molecule is c1cc2c(c(Oc3nnc4ccccc4n3)c1)NCCC2. The molecule has 0 aliphatic carbocycles. The third-order valence-corrected chi connectivity index (χ3v) is 3.58. The summed E-state index contributed by atoms with van der Waals surface area (Å²) in [7, 11) is 0. The molecule has 1 N–H and O–H groups in total. The van der Waals surface area contributed by atoms with Crippen molar-refractivity contribution in [2.24, 2.45) is 0 Å². The van der Waals surface area contributed by atoms with E-state index in [9.17, 15) is 0 Å². The second kappa shape index (κ2) is 5.01. The van der Waals surface area contributed by atoms with Crippen LogP contribution in [-0.2, 0) is 6.42 Å². The first-order valence-electron chi connectivity index (χ1n) is 7.03. The Morgan fingerprint density at radius 1 is 0.952 bits per heavy atom. The number of ether oxygens (including phenoxy) is 1. The first kappa shape index (κ1) is 12.1. The number of hydrogen-bond acceptors (Lipinski definition) is 5. The first-order valence-corrected chi connectivity index (χ1v) is 7.03. The topological polar surface area (TPSA) is 59.9 Å². The van der Waals surface area contributed by atoms with Crippen molar-refractivity contribution in [2.75, 3.05) is 11.9 Å². The zero-order valence-corrected chi connectivity index (χ0v) is 11.4. The lowest BCUT2D eigenvalue weighted by atomic mass is 10.0. The molecular formula is C16H14N4O. The number of rotatable bonds is 2. The Labute approximate surface area is 122 Å². The van der Waals surface area contributed by atoms with Gasteiger partial charge in [-0.1, -0.05) is 29.4 Å². The molecule has 5 heteroatoms. The average Bonchev–Trinajstić information content (AvgIpc) is 2.55. The monoisotopic (exact) mass is 278 g/mol. The van der Waals surface area contributed by atoms with Crippen LogP contribution in [0.5, 0.6) is 11.8 Å². The van der Waals surface area contributed by atoms with Gasteiger partial charge in [-0.15, -0.1) is 5.10 Å². The van der Waals surface area contributed by atoms with E-state index in [1.54, 1.807) is 0 Å². The molecule has 1 aromatic heterocycles. The van der Waals surface area contributed by atoms with Crippen LogP contribution in [-0.4, -0.2) is 21.7 Å². The summed E-state index contributed by atoms with van der Waals surface area (Å²) in [5.41, 5.74) is 3.85. The molecule has 0 atom stereocenters. The number of fused-ring (bicyclic) bond motifs is 2. The zero-order chi connectivity index (χ0) is 14.1. The van der Waals surface area contributed by atoms with Gasteiger partial charge in [0.1, 0.15) is 5.52 Å². The van der Waals surface area contributed by atoms with E-state index in [2.05, 4.69) is 26.6 Å². The lowest BCUT2D eigenvalue weighted by molar-refractivity contribution is 0.437. The van der Waals surface area contributed by atoms with Crippen LogP contribution in [0.3, 0.4) is 0 Å². The molecule has 2 aromatic carbocycles. The molecule has 0 unspecified atom stereocenters. The molecule has 5 nitrogen and oxygen atoms in total. The van der Waals surface area contributed by atoms with E-state index in [4.69, 9.17) is 4.74 Å². The van der Waals surface area contributed by atoms with Gasteiger partial charge in [0.25, 0.3) is 0 Å². The van der Waals surface area contributed by atoms with Crippen molar-refractivity contribution in [3.63, 3.8) is 0 Å². The van der Waals surface area contributed by atoms with Crippen LogP contribution in [0, 0.1) is 0 Å². The normalized spacial score (nSPS) is 13.5. The van der Waals surface area contributed by atoms with Crippen molar-refractivity contribution in [2.45, 2.75) is 12.8 Å². The van der Waals surface area contributed by atoms with E-state index >= 15 is 0 Å². The smallest absolute Gasteiger partial charge is 0.341 e. The highest BCUT2D eigenvalue weighted by atomic mass is 16.5. The predicted molar refractivity (Wildman–Crippen MR) is 80.7 cm³/mol. The third-order valence-electron chi connectivity index (χ3n) is 3.58. The van der Waals surface area contributed by atoms with Crippen LogP contribution >= 0.6 is 0 Å². The van der Waals surface area contributed by atoms with Crippen molar-refractivity contribution in [1.29, 1.82) is 0 Å². The number of benzene rings is 2. The Kier molecular flexibility index (Phi) is 2.88. The van der Waals surface area contributed by atoms with Crippen LogP contribution in [0.2, 0.25) is 0 Å².